The molecular weight excluding hydrogens is 416 g/mol. The van der Waals surface area contributed by atoms with Crippen LogP contribution in [-0.4, -0.2) is 29.5 Å². The number of carbonyl (C=O) groups is 1. The summed E-state index contributed by atoms with van der Waals surface area (Å²) in [6, 6.07) is 8.23. The van der Waals surface area contributed by atoms with E-state index in [-0.39, 0.29) is 17.4 Å². The number of amidine groups is 1. The summed E-state index contributed by atoms with van der Waals surface area (Å²) in [6.07, 6.45) is 3.35. The van der Waals surface area contributed by atoms with Gasteiger partial charge in [-0.15, -0.1) is 0 Å². The first-order valence-corrected chi connectivity index (χ1v) is 10.6. The number of allylic oxidation sites excluding steroid dienone is 1. The van der Waals surface area contributed by atoms with Crippen LogP contribution in [0, 0.1) is 17.6 Å². The molecule has 6 nitrogen and oxygen atoms in total. The highest BCUT2D eigenvalue weighted by Gasteiger charge is 2.71. The first-order valence-electron chi connectivity index (χ1n) is 10.6. The Morgan fingerprint density at radius 3 is 2.78 bits per heavy atom. The molecule has 8 heteroatoms. The van der Waals surface area contributed by atoms with Gasteiger partial charge in [0.25, 0.3) is 0 Å². The molecule has 0 amide bonds. The zero-order valence-electron chi connectivity index (χ0n) is 18.0. The predicted octanol–water partition coefficient (Wildman–Crippen LogP) is 4.00. The average molecular weight is 439 g/mol. The fraction of sp³-hybridized carbons (Fsp3) is 0.375. The number of benzene rings is 1. The molecule has 0 bridgehead atoms. The van der Waals surface area contributed by atoms with Gasteiger partial charge >= 0.3 is 5.97 Å². The van der Waals surface area contributed by atoms with E-state index in [4.69, 9.17) is 14.5 Å². The number of ether oxygens (including phenoxy) is 2. The molecule has 1 fully saturated rings. The molecule has 1 aromatic heterocycles. The van der Waals surface area contributed by atoms with E-state index < -0.39 is 28.7 Å². The van der Waals surface area contributed by atoms with Crippen LogP contribution in [0.3, 0.4) is 0 Å². The molecule has 166 valence electrons. The van der Waals surface area contributed by atoms with Gasteiger partial charge in [-0.1, -0.05) is 25.1 Å². The molecule has 2 spiro atoms. The molecule has 0 saturated heterocycles. The fourth-order valence-electron chi connectivity index (χ4n) is 5.48. The van der Waals surface area contributed by atoms with Crippen LogP contribution in [0.1, 0.15) is 44.4 Å². The highest BCUT2D eigenvalue weighted by Crippen LogP contribution is 2.65. The normalized spacial score (nSPS) is 28.0. The van der Waals surface area contributed by atoms with Crippen molar-refractivity contribution in [3.8, 4) is 5.75 Å². The van der Waals surface area contributed by atoms with Crippen molar-refractivity contribution in [1.29, 1.82) is 0 Å². The zero-order valence-corrected chi connectivity index (χ0v) is 18.0. The highest BCUT2D eigenvalue weighted by molar-refractivity contribution is 6.04. The summed E-state index contributed by atoms with van der Waals surface area (Å²) < 4.78 is 40.0. The minimum Gasteiger partial charge on any atom is -0.483 e. The number of rotatable bonds is 3. The number of carbonyl (C=O) groups excluding carboxylic acids is 1. The van der Waals surface area contributed by atoms with E-state index >= 15 is 0 Å². The van der Waals surface area contributed by atoms with Crippen LogP contribution in [-0.2, 0) is 15.1 Å². The molecule has 3 atom stereocenters. The summed E-state index contributed by atoms with van der Waals surface area (Å²) in [7, 11) is 1.32. The third-order valence-electron chi connectivity index (χ3n) is 6.94. The number of aliphatic imine (C=N–C) groups is 1. The number of methoxy groups -OCH3 is 1. The molecule has 5 rings (SSSR count). The third-order valence-corrected chi connectivity index (χ3v) is 6.94. The summed E-state index contributed by atoms with van der Waals surface area (Å²) in [5.41, 5.74) is -0.674. The Morgan fingerprint density at radius 2 is 2.12 bits per heavy atom. The number of para-hydroxylation sites is 1. The van der Waals surface area contributed by atoms with E-state index in [9.17, 15) is 13.6 Å². The number of aromatic nitrogens is 1. The standard InChI is InChI=1S/C24H23F2N3O3/c1-4-14-9-10-23(14)24(16-7-5-6-8-18(16)32-23)19(22(30)31-3)13(2)28-21(29-24)20-17(26)11-15(25)12-27-20/h5-8,11-12,14H,4,9-10H2,1-3H3,(H,28,29). The quantitative estimate of drug-likeness (QED) is 0.732. The number of fused-ring (bicyclic) bond motifs is 3. The van der Waals surface area contributed by atoms with Crippen molar-refractivity contribution in [2.45, 2.75) is 44.2 Å². The van der Waals surface area contributed by atoms with Crippen LogP contribution in [0.25, 0.3) is 0 Å². The lowest BCUT2D eigenvalue weighted by atomic mass is 9.55. The number of halogens is 2. The molecule has 2 aliphatic heterocycles. The Bertz CT molecular complexity index is 1190. The topological polar surface area (TPSA) is 72.8 Å². The van der Waals surface area contributed by atoms with E-state index in [1.54, 1.807) is 6.92 Å². The Balaban J connectivity index is 1.84. The lowest BCUT2D eigenvalue weighted by Crippen LogP contribution is -2.65. The monoisotopic (exact) mass is 439 g/mol. The van der Waals surface area contributed by atoms with E-state index in [1.807, 2.05) is 24.3 Å². The molecule has 3 aliphatic rings. The van der Waals surface area contributed by atoms with Gasteiger partial charge in [-0.2, -0.15) is 0 Å². The number of pyridine rings is 1. The fourth-order valence-corrected chi connectivity index (χ4v) is 5.48. The number of nitrogens with one attached hydrogen (secondary N) is 1. The molecule has 3 unspecified atom stereocenters. The summed E-state index contributed by atoms with van der Waals surface area (Å²) >= 11 is 0. The minimum absolute atomic E-state index is 0.120. The molecule has 1 N–H and O–H groups in total. The average Bonchev–Trinajstić information content (AvgIpc) is 3.05. The molecule has 3 heterocycles. The van der Waals surface area contributed by atoms with Crippen LogP contribution < -0.4 is 10.1 Å². The SMILES string of the molecule is CCC1CCC12Oc1ccccc1C21N=C(c2ncc(F)cc2F)NC(C)=C1C(=O)OC. The molecule has 1 aromatic carbocycles. The highest BCUT2D eigenvalue weighted by atomic mass is 19.1. The molecule has 0 radical (unpaired) electrons. The summed E-state index contributed by atoms with van der Waals surface area (Å²) in [4.78, 5) is 22.1. The van der Waals surface area contributed by atoms with Crippen LogP contribution in [0.15, 0.2) is 52.8 Å². The maximum atomic E-state index is 14.7. The number of esters is 1. The lowest BCUT2D eigenvalue weighted by molar-refractivity contribution is -0.142. The van der Waals surface area contributed by atoms with Crippen molar-refractivity contribution < 1.29 is 23.0 Å². The van der Waals surface area contributed by atoms with Gasteiger partial charge in [-0.25, -0.2) is 23.6 Å². The second-order valence-corrected chi connectivity index (χ2v) is 8.40. The van der Waals surface area contributed by atoms with Gasteiger partial charge in [-0.05, 0) is 32.3 Å². The largest absolute Gasteiger partial charge is 0.483 e. The van der Waals surface area contributed by atoms with Crippen molar-refractivity contribution in [2.24, 2.45) is 10.9 Å². The van der Waals surface area contributed by atoms with E-state index in [2.05, 4.69) is 17.2 Å². The smallest absolute Gasteiger partial charge is 0.338 e. The van der Waals surface area contributed by atoms with Crippen molar-refractivity contribution in [1.82, 2.24) is 10.3 Å². The second-order valence-electron chi connectivity index (χ2n) is 8.40. The van der Waals surface area contributed by atoms with Crippen LogP contribution in [0.4, 0.5) is 8.78 Å². The maximum Gasteiger partial charge on any atom is 0.338 e. The van der Waals surface area contributed by atoms with E-state index in [0.717, 1.165) is 30.7 Å². The third kappa shape index (κ3) is 2.52. The Morgan fingerprint density at radius 1 is 1.34 bits per heavy atom. The summed E-state index contributed by atoms with van der Waals surface area (Å²) in [6.45, 7) is 3.80. The molecule has 1 aliphatic carbocycles. The van der Waals surface area contributed by atoms with Crippen LogP contribution in [0.2, 0.25) is 0 Å². The van der Waals surface area contributed by atoms with Gasteiger partial charge in [0.15, 0.2) is 17.2 Å². The Kier molecular flexibility index (Phi) is 4.58. The number of hydrogen-bond donors (Lipinski definition) is 1. The summed E-state index contributed by atoms with van der Waals surface area (Å²) in [5.74, 6) is -1.28. The number of hydrogen-bond acceptors (Lipinski definition) is 6. The zero-order chi connectivity index (χ0) is 22.7. The summed E-state index contributed by atoms with van der Waals surface area (Å²) in [5, 5.41) is 3.01. The molecule has 2 aromatic rings. The van der Waals surface area contributed by atoms with Gasteiger partial charge in [0.05, 0.1) is 18.9 Å². The maximum absolute atomic E-state index is 14.7. The minimum atomic E-state index is -1.25. The lowest BCUT2D eigenvalue weighted by Gasteiger charge is -2.55. The molecule has 32 heavy (non-hydrogen) atoms. The van der Waals surface area contributed by atoms with Crippen molar-refractivity contribution in [3.05, 3.63) is 70.7 Å². The second kappa shape index (κ2) is 7.12. The van der Waals surface area contributed by atoms with E-state index in [0.29, 0.717) is 23.4 Å². The van der Waals surface area contributed by atoms with Gasteiger partial charge in [0, 0.05) is 23.2 Å². The van der Waals surface area contributed by atoms with Gasteiger partial charge in [-0.3, -0.25) is 0 Å². The van der Waals surface area contributed by atoms with Crippen molar-refractivity contribution in [2.75, 3.05) is 7.11 Å². The van der Waals surface area contributed by atoms with E-state index in [1.165, 1.54) is 7.11 Å². The molecular formula is C24H23F2N3O3. The Labute approximate surface area is 184 Å². The van der Waals surface area contributed by atoms with Gasteiger partial charge in [0.2, 0.25) is 0 Å². The van der Waals surface area contributed by atoms with Gasteiger partial charge < -0.3 is 14.8 Å². The molecule has 1 saturated carbocycles. The first-order chi connectivity index (χ1) is 15.4. The van der Waals surface area contributed by atoms with Crippen LogP contribution >= 0.6 is 0 Å². The predicted molar refractivity (Wildman–Crippen MR) is 113 cm³/mol. The first kappa shape index (κ1) is 20.6. The van der Waals surface area contributed by atoms with Crippen LogP contribution in [0.5, 0.6) is 5.75 Å². The van der Waals surface area contributed by atoms with Gasteiger partial charge in [0.1, 0.15) is 22.9 Å². The van der Waals surface area contributed by atoms with Crippen molar-refractivity contribution in [3.63, 3.8) is 0 Å². The van der Waals surface area contributed by atoms with Crippen molar-refractivity contribution >= 4 is 11.8 Å². The number of nitrogens with zero attached hydrogens (tertiary/aromatic N) is 2. The Hall–Kier alpha value is -3.29.